The van der Waals surface area contributed by atoms with Gasteiger partial charge in [0.05, 0.1) is 19.2 Å². The summed E-state index contributed by atoms with van der Waals surface area (Å²) in [6.45, 7) is 3.45. The fourth-order valence-corrected chi connectivity index (χ4v) is 2.74. The van der Waals surface area contributed by atoms with Crippen molar-refractivity contribution in [1.29, 1.82) is 0 Å². The molecule has 0 spiro atoms. The van der Waals surface area contributed by atoms with E-state index in [2.05, 4.69) is 0 Å². The van der Waals surface area contributed by atoms with Crippen molar-refractivity contribution in [1.82, 2.24) is 0 Å². The van der Waals surface area contributed by atoms with Gasteiger partial charge in [-0.1, -0.05) is 6.07 Å². The number of carboxylic acids is 1. The van der Waals surface area contributed by atoms with Crippen LogP contribution < -0.4 is 9.64 Å². The number of benzene rings is 1. The highest BCUT2D eigenvalue weighted by molar-refractivity contribution is 5.97. The maximum atomic E-state index is 11.8. The lowest BCUT2D eigenvalue weighted by Gasteiger charge is -2.23. The first-order valence-electron chi connectivity index (χ1n) is 6.16. The Morgan fingerprint density at radius 2 is 2.16 bits per heavy atom. The van der Waals surface area contributed by atoms with Crippen LogP contribution in [0, 0.1) is 0 Å². The molecule has 0 radical (unpaired) electrons. The van der Waals surface area contributed by atoms with Crippen molar-refractivity contribution in [2.45, 2.75) is 32.7 Å². The first-order chi connectivity index (χ1) is 8.95. The quantitative estimate of drug-likeness (QED) is 0.899. The van der Waals surface area contributed by atoms with Crippen LogP contribution in [0.25, 0.3) is 0 Å². The first-order valence-corrected chi connectivity index (χ1v) is 6.16. The van der Waals surface area contributed by atoms with E-state index in [9.17, 15) is 9.59 Å². The highest BCUT2D eigenvalue weighted by Crippen LogP contribution is 2.41. The van der Waals surface area contributed by atoms with Gasteiger partial charge in [-0.2, -0.15) is 0 Å². The number of carbonyl (C=O) groups is 2. The maximum absolute atomic E-state index is 11.8. The molecule has 0 saturated carbocycles. The molecule has 0 aliphatic carbocycles. The summed E-state index contributed by atoms with van der Waals surface area (Å²) in [5, 5.41) is 8.98. The van der Waals surface area contributed by atoms with Gasteiger partial charge in [0.1, 0.15) is 5.75 Å². The Balaban J connectivity index is 2.59. The lowest BCUT2D eigenvalue weighted by atomic mass is 10.0. The van der Waals surface area contributed by atoms with E-state index < -0.39 is 5.97 Å². The number of aliphatic carboxylic acids is 1. The van der Waals surface area contributed by atoms with E-state index in [4.69, 9.17) is 9.84 Å². The minimum Gasteiger partial charge on any atom is -0.496 e. The molecule has 1 amide bonds. The minimum absolute atomic E-state index is 0.0244. The third-order valence-corrected chi connectivity index (χ3v) is 3.41. The Morgan fingerprint density at radius 1 is 1.47 bits per heavy atom. The molecule has 1 aliphatic heterocycles. The molecule has 5 heteroatoms. The number of ether oxygens (including phenoxy) is 1. The Morgan fingerprint density at radius 3 is 2.68 bits per heavy atom. The van der Waals surface area contributed by atoms with Gasteiger partial charge in [-0.15, -0.1) is 0 Å². The fourth-order valence-electron chi connectivity index (χ4n) is 2.74. The summed E-state index contributed by atoms with van der Waals surface area (Å²) in [6, 6.07) is 3.52. The predicted octanol–water partition coefficient (Wildman–Crippen LogP) is 1.62. The third kappa shape index (κ3) is 2.28. The molecule has 0 saturated heterocycles. The molecule has 1 unspecified atom stereocenters. The van der Waals surface area contributed by atoms with Crippen LogP contribution in [0.2, 0.25) is 0 Å². The Kier molecular flexibility index (Phi) is 3.46. The number of hydrogen-bond acceptors (Lipinski definition) is 3. The number of amides is 1. The highest BCUT2D eigenvalue weighted by Gasteiger charge is 2.33. The van der Waals surface area contributed by atoms with Crippen molar-refractivity contribution in [3.8, 4) is 5.75 Å². The van der Waals surface area contributed by atoms with Gasteiger partial charge in [0, 0.05) is 18.5 Å². The number of carboxylic acid groups (broad SMARTS) is 1. The summed E-state index contributed by atoms with van der Waals surface area (Å²) in [4.78, 5) is 24.4. The van der Waals surface area contributed by atoms with Crippen molar-refractivity contribution in [3.63, 3.8) is 0 Å². The van der Waals surface area contributed by atoms with Gasteiger partial charge in [-0.25, -0.2) is 0 Å². The summed E-state index contributed by atoms with van der Waals surface area (Å²) in [7, 11) is 1.58. The van der Waals surface area contributed by atoms with E-state index in [1.165, 1.54) is 6.92 Å². The zero-order chi connectivity index (χ0) is 14.2. The van der Waals surface area contributed by atoms with Crippen LogP contribution in [0.4, 0.5) is 5.69 Å². The standard InChI is InChI=1S/C14H17NO4/c1-8-6-11-12(19-3)5-4-10(7-13(17)18)14(11)15(8)9(2)16/h4-5,8H,6-7H2,1-3H3,(H,17,18). The normalized spacial score (nSPS) is 17.2. The van der Waals surface area contributed by atoms with Crippen LogP contribution in [-0.2, 0) is 22.4 Å². The molecule has 1 aliphatic rings. The van der Waals surface area contributed by atoms with Gasteiger partial charge in [-0.05, 0) is 25.0 Å². The number of nitrogens with zero attached hydrogens (tertiary/aromatic N) is 1. The van der Waals surface area contributed by atoms with Gasteiger partial charge < -0.3 is 14.7 Å². The monoisotopic (exact) mass is 263 g/mol. The zero-order valence-electron chi connectivity index (χ0n) is 11.3. The average molecular weight is 263 g/mol. The van der Waals surface area contributed by atoms with Crippen molar-refractivity contribution < 1.29 is 19.4 Å². The Bertz CT molecular complexity index is 538. The molecule has 1 atom stereocenters. The van der Waals surface area contributed by atoms with E-state index >= 15 is 0 Å². The summed E-state index contributed by atoms with van der Waals surface area (Å²) >= 11 is 0. The number of anilines is 1. The number of methoxy groups -OCH3 is 1. The molecular weight excluding hydrogens is 246 g/mol. The Hall–Kier alpha value is -2.04. The molecule has 102 valence electrons. The molecule has 5 nitrogen and oxygen atoms in total. The lowest BCUT2D eigenvalue weighted by Crippen LogP contribution is -2.34. The SMILES string of the molecule is COc1ccc(CC(=O)O)c2c1CC(C)N2C(C)=O. The van der Waals surface area contributed by atoms with Crippen LogP contribution >= 0.6 is 0 Å². The molecular formula is C14H17NO4. The molecule has 1 N–H and O–H groups in total. The summed E-state index contributed by atoms with van der Waals surface area (Å²) in [6.07, 6.45) is 0.592. The van der Waals surface area contributed by atoms with Crippen LogP contribution in [0.15, 0.2) is 12.1 Å². The maximum Gasteiger partial charge on any atom is 0.307 e. The summed E-state index contributed by atoms with van der Waals surface area (Å²) in [5.41, 5.74) is 2.29. The van der Waals surface area contributed by atoms with Gasteiger partial charge in [0.15, 0.2) is 0 Å². The highest BCUT2D eigenvalue weighted by atomic mass is 16.5. The largest absolute Gasteiger partial charge is 0.496 e. The predicted molar refractivity (Wildman–Crippen MR) is 70.7 cm³/mol. The molecule has 0 bridgehead atoms. The second-order valence-electron chi connectivity index (χ2n) is 4.77. The second kappa shape index (κ2) is 4.91. The Labute approximate surface area is 111 Å². The van der Waals surface area contributed by atoms with Crippen molar-refractivity contribution in [3.05, 3.63) is 23.3 Å². The summed E-state index contributed by atoms with van der Waals surface area (Å²) in [5.74, 6) is -0.277. The number of rotatable bonds is 3. The molecule has 0 fully saturated rings. The number of hydrogen-bond donors (Lipinski definition) is 1. The minimum atomic E-state index is -0.907. The van der Waals surface area contributed by atoms with Crippen molar-refractivity contribution in [2.75, 3.05) is 12.0 Å². The van der Waals surface area contributed by atoms with Crippen LogP contribution in [0.3, 0.4) is 0 Å². The van der Waals surface area contributed by atoms with E-state index in [0.29, 0.717) is 23.4 Å². The van der Waals surface area contributed by atoms with Gasteiger partial charge in [-0.3, -0.25) is 9.59 Å². The smallest absolute Gasteiger partial charge is 0.307 e. The molecule has 19 heavy (non-hydrogen) atoms. The van der Waals surface area contributed by atoms with Crippen molar-refractivity contribution >= 4 is 17.6 Å². The summed E-state index contributed by atoms with van der Waals surface area (Å²) < 4.78 is 5.31. The lowest BCUT2D eigenvalue weighted by molar-refractivity contribution is -0.136. The molecule has 1 heterocycles. The average Bonchev–Trinajstić information content (AvgIpc) is 2.66. The van der Waals surface area contributed by atoms with Crippen LogP contribution in [0.1, 0.15) is 25.0 Å². The van der Waals surface area contributed by atoms with E-state index in [0.717, 1.165) is 5.56 Å². The van der Waals surface area contributed by atoms with E-state index in [1.807, 2.05) is 6.92 Å². The fraction of sp³-hybridized carbons (Fsp3) is 0.429. The van der Waals surface area contributed by atoms with Crippen molar-refractivity contribution in [2.24, 2.45) is 0 Å². The molecule has 0 aromatic heterocycles. The zero-order valence-corrected chi connectivity index (χ0v) is 11.3. The molecule has 1 aromatic carbocycles. The topological polar surface area (TPSA) is 66.8 Å². The van der Waals surface area contributed by atoms with E-state index in [-0.39, 0.29) is 18.4 Å². The third-order valence-electron chi connectivity index (χ3n) is 3.41. The number of carbonyl (C=O) groups excluding carboxylic acids is 1. The number of fused-ring (bicyclic) bond motifs is 1. The van der Waals surface area contributed by atoms with Crippen LogP contribution in [0.5, 0.6) is 5.75 Å². The molecule has 2 rings (SSSR count). The van der Waals surface area contributed by atoms with E-state index in [1.54, 1.807) is 24.1 Å². The van der Waals surface area contributed by atoms with Gasteiger partial charge in [0.2, 0.25) is 5.91 Å². The second-order valence-corrected chi connectivity index (χ2v) is 4.77. The van der Waals surface area contributed by atoms with Gasteiger partial charge in [0.25, 0.3) is 0 Å². The van der Waals surface area contributed by atoms with Gasteiger partial charge >= 0.3 is 5.97 Å². The molecule has 1 aromatic rings. The van der Waals surface area contributed by atoms with Crippen LogP contribution in [-0.4, -0.2) is 30.1 Å². The first kappa shape index (κ1) is 13.4.